The normalized spacial score (nSPS) is 11.8. The highest BCUT2D eigenvalue weighted by Crippen LogP contribution is 2.44. The molecule has 248 valence electrons. The van der Waals surface area contributed by atoms with E-state index in [1.807, 2.05) is 18.3 Å². The van der Waals surface area contributed by atoms with E-state index in [1.165, 1.54) is 49.1 Å². The van der Waals surface area contributed by atoms with E-state index < -0.39 is 0 Å². The highest BCUT2D eigenvalue weighted by Gasteiger charge is 2.20. The summed E-state index contributed by atoms with van der Waals surface area (Å²) in [6, 6.07) is 65.1. The monoisotopic (exact) mass is 677 g/mol. The number of fused-ring (bicyclic) bond motifs is 9. The van der Waals surface area contributed by atoms with E-state index in [1.54, 1.807) is 0 Å². The molecule has 0 radical (unpaired) electrons. The van der Waals surface area contributed by atoms with Crippen LogP contribution in [0, 0.1) is 0 Å². The molecule has 4 heteroatoms. The molecule has 8 aromatic carbocycles. The van der Waals surface area contributed by atoms with Crippen molar-refractivity contribution in [1.82, 2.24) is 9.55 Å². The third-order valence-electron chi connectivity index (χ3n) is 10.6. The van der Waals surface area contributed by atoms with Crippen molar-refractivity contribution in [3.05, 3.63) is 188 Å². The number of nitrogens with zero attached hydrogens (tertiary/aromatic N) is 3. The smallest absolute Gasteiger partial charge is 0.153 e. The molecule has 0 fully saturated rings. The molecule has 4 nitrogen and oxygen atoms in total. The molecule has 11 rings (SSSR count). The van der Waals surface area contributed by atoms with Crippen LogP contribution in [0.1, 0.15) is 0 Å². The molecule has 11 aromatic rings. The number of rotatable bonds is 5. The van der Waals surface area contributed by atoms with Gasteiger partial charge < -0.3 is 13.9 Å². The highest BCUT2D eigenvalue weighted by atomic mass is 16.3. The quantitative estimate of drug-likeness (QED) is 0.182. The van der Waals surface area contributed by atoms with Crippen LogP contribution in [0.3, 0.4) is 0 Å². The second kappa shape index (κ2) is 11.7. The molecular weight excluding hydrogens is 647 g/mol. The molecule has 0 spiro atoms. The Balaban J connectivity index is 1.10. The summed E-state index contributed by atoms with van der Waals surface area (Å²) in [6.45, 7) is 0. The summed E-state index contributed by atoms with van der Waals surface area (Å²) in [6.07, 6.45) is 1.82. The lowest BCUT2D eigenvalue weighted by molar-refractivity contribution is 0.668. The van der Waals surface area contributed by atoms with Gasteiger partial charge in [-0.1, -0.05) is 109 Å². The van der Waals surface area contributed by atoms with Crippen molar-refractivity contribution in [2.24, 2.45) is 0 Å². The third kappa shape index (κ3) is 4.59. The van der Waals surface area contributed by atoms with Gasteiger partial charge in [-0.2, -0.15) is 0 Å². The summed E-state index contributed by atoms with van der Waals surface area (Å²) in [5.74, 6) is 0. The largest absolute Gasteiger partial charge is 0.454 e. The third-order valence-corrected chi connectivity index (χ3v) is 10.6. The van der Waals surface area contributed by atoms with Crippen LogP contribution in [0.2, 0.25) is 0 Å². The fraction of sp³-hybridized carbons (Fsp3) is 0. The SMILES string of the molecule is c1ccc(N(c2ccc3oc4cccnc4c3c2)c2ccc(-c3cccc(-n4c5ccccc5c5c6ccccc6ccc54)c3)c3ccccc23)cc1. The summed E-state index contributed by atoms with van der Waals surface area (Å²) in [4.78, 5) is 7.01. The maximum atomic E-state index is 6.15. The van der Waals surface area contributed by atoms with Gasteiger partial charge in [0, 0.05) is 44.8 Å². The minimum atomic E-state index is 0.789. The molecule has 0 aliphatic rings. The van der Waals surface area contributed by atoms with Crippen LogP contribution in [0.5, 0.6) is 0 Å². The van der Waals surface area contributed by atoms with Gasteiger partial charge in [0.25, 0.3) is 0 Å². The van der Waals surface area contributed by atoms with E-state index in [0.717, 1.165) is 50.2 Å². The number of furan rings is 1. The van der Waals surface area contributed by atoms with Crippen LogP contribution in [-0.4, -0.2) is 9.55 Å². The first-order valence-electron chi connectivity index (χ1n) is 18.0. The van der Waals surface area contributed by atoms with Crippen LogP contribution < -0.4 is 4.90 Å². The number of aromatic nitrogens is 2. The summed E-state index contributed by atoms with van der Waals surface area (Å²) < 4.78 is 8.57. The van der Waals surface area contributed by atoms with Crippen molar-refractivity contribution in [1.29, 1.82) is 0 Å². The van der Waals surface area contributed by atoms with Gasteiger partial charge in [0.2, 0.25) is 0 Å². The van der Waals surface area contributed by atoms with Crippen LogP contribution in [0.15, 0.2) is 193 Å². The number of benzene rings is 8. The van der Waals surface area contributed by atoms with Gasteiger partial charge in [-0.15, -0.1) is 0 Å². The van der Waals surface area contributed by atoms with E-state index >= 15 is 0 Å². The molecule has 3 aromatic heterocycles. The lowest BCUT2D eigenvalue weighted by atomic mass is 9.96. The zero-order valence-electron chi connectivity index (χ0n) is 28.6. The molecule has 0 aliphatic heterocycles. The van der Waals surface area contributed by atoms with E-state index in [2.05, 4.69) is 184 Å². The molecule has 0 saturated heterocycles. The van der Waals surface area contributed by atoms with Crippen molar-refractivity contribution in [2.45, 2.75) is 0 Å². The fourth-order valence-corrected chi connectivity index (χ4v) is 8.29. The predicted octanol–water partition coefficient (Wildman–Crippen LogP) is 13.5. The fourth-order valence-electron chi connectivity index (χ4n) is 8.29. The average molecular weight is 678 g/mol. The van der Waals surface area contributed by atoms with Crippen LogP contribution in [0.4, 0.5) is 17.1 Å². The second-order valence-corrected chi connectivity index (χ2v) is 13.6. The Morgan fingerprint density at radius 2 is 1.26 bits per heavy atom. The minimum Gasteiger partial charge on any atom is -0.454 e. The van der Waals surface area contributed by atoms with Crippen molar-refractivity contribution in [2.75, 3.05) is 4.90 Å². The van der Waals surface area contributed by atoms with E-state index in [4.69, 9.17) is 4.42 Å². The van der Waals surface area contributed by atoms with Crippen molar-refractivity contribution in [3.63, 3.8) is 0 Å². The Morgan fingerprint density at radius 3 is 2.17 bits per heavy atom. The van der Waals surface area contributed by atoms with Gasteiger partial charge >= 0.3 is 0 Å². The Bertz CT molecular complexity index is 3190. The van der Waals surface area contributed by atoms with Crippen LogP contribution >= 0.6 is 0 Å². The van der Waals surface area contributed by atoms with Crippen molar-refractivity contribution in [3.8, 4) is 16.8 Å². The highest BCUT2D eigenvalue weighted by molar-refractivity contribution is 6.21. The van der Waals surface area contributed by atoms with E-state index in [9.17, 15) is 0 Å². The second-order valence-electron chi connectivity index (χ2n) is 13.6. The lowest BCUT2D eigenvalue weighted by Gasteiger charge is -2.27. The first-order valence-corrected chi connectivity index (χ1v) is 18.0. The van der Waals surface area contributed by atoms with Crippen LogP contribution in [-0.2, 0) is 0 Å². The number of anilines is 3. The molecule has 0 aliphatic carbocycles. The van der Waals surface area contributed by atoms with Gasteiger partial charge in [0.1, 0.15) is 11.1 Å². The summed E-state index contributed by atoms with van der Waals surface area (Å²) in [7, 11) is 0. The first-order chi connectivity index (χ1) is 26.3. The van der Waals surface area contributed by atoms with Crippen molar-refractivity contribution >= 4 is 82.5 Å². The Morgan fingerprint density at radius 1 is 0.472 bits per heavy atom. The number of hydrogen-bond acceptors (Lipinski definition) is 3. The lowest BCUT2D eigenvalue weighted by Crippen LogP contribution is -2.10. The predicted molar refractivity (Wildman–Crippen MR) is 221 cm³/mol. The molecule has 0 atom stereocenters. The zero-order valence-corrected chi connectivity index (χ0v) is 28.6. The molecule has 0 amide bonds. The molecule has 53 heavy (non-hydrogen) atoms. The molecule has 0 saturated carbocycles. The number of hydrogen-bond donors (Lipinski definition) is 0. The summed E-state index contributed by atoms with van der Waals surface area (Å²) in [5.41, 5.74) is 11.6. The maximum absolute atomic E-state index is 6.15. The van der Waals surface area contributed by atoms with Crippen molar-refractivity contribution < 1.29 is 4.42 Å². The number of para-hydroxylation sites is 2. The van der Waals surface area contributed by atoms with Gasteiger partial charge in [-0.3, -0.25) is 4.98 Å². The van der Waals surface area contributed by atoms with E-state index in [-0.39, 0.29) is 0 Å². The molecule has 0 N–H and O–H groups in total. The Kier molecular flexibility index (Phi) is 6.52. The maximum Gasteiger partial charge on any atom is 0.153 e. The minimum absolute atomic E-state index is 0.789. The summed E-state index contributed by atoms with van der Waals surface area (Å²) >= 11 is 0. The average Bonchev–Trinajstić information content (AvgIpc) is 3.77. The van der Waals surface area contributed by atoms with Gasteiger partial charge in [0.15, 0.2) is 5.58 Å². The molecule has 0 unspecified atom stereocenters. The Hall–Kier alpha value is -7.17. The Labute approximate surface area is 305 Å². The van der Waals surface area contributed by atoms with Gasteiger partial charge in [-0.25, -0.2) is 0 Å². The van der Waals surface area contributed by atoms with Crippen LogP contribution in [0.25, 0.3) is 82.2 Å². The molecule has 3 heterocycles. The van der Waals surface area contributed by atoms with Gasteiger partial charge in [-0.05, 0) is 100 Å². The number of pyridine rings is 1. The zero-order chi connectivity index (χ0) is 34.9. The first kappa shape index (κ1) is 29.5. The standard InChI is InChI=1S/C49H31N3O/c1-2-14-34(15-3-1)51(36-24-28-46-42(31-36)49-47(53-46)22-11-29-50-49)44-27-25-37(39-18-6-7-19-40(39)44)33-13-10-16-35(30-33)52-43-21-9-8-20-41(43)48-38-17-5-4-12-32(38)23-26-45(48)52/h1-31H. The van der Waals surface area contributed by atoms with E-state index in [0.29, 0.717) is 0 Å². The van der Waals surface area contributed by atoms with Gasteiger partial charge in [0.05, 0.1) is 16.7 Å². The molecule has 0 bridgehead atoms. The summed E-state index contributed by atoms with van der Waals surface area (Å²) in [5, 5.41) is 8.43. The molecular formula is C49H31N3O. The topological polar surface area (TPSA) is 34.2 Å².